The van der Waals surface area contributed by atoms with E-state index in [9.17, 15) is 9.90 Å². The van der Waals surface area contributed by atoms with E-state index in [0.717, 1.165) is 30.8 Å². The average Bonchev–Trinajstić information content (AvgIpc) is 2.72. The van der Waals surface area contributed by atoms with Crippen LogP contribution >= 0.6 is 0 Å². The number of aliphatic hydroxyl groups excluding tert-OH is 1. The lowest BCUT2D eigenvalue weighted by Crippen LogP contribution is -2.38. The second-order valence-corrected chi connectivity index (χ2v) is 7.71. The van der Waals surface area contributed by atoms with Crippen LogP contribution in [0.2, 0.25) is 0 Å². The van der Waals surface area contributed by atoms with E-state index in [1.54, 1.807) is 7.05 Å². The summed E-state index contributed by atoms with van der Waals surface area (Å²) in [7, 11) is 3.54. The van der Waals surface area contributed by atoms with Crippen LogP contribution in [-0.2, 0) is 24.3 Å². The van der Waals surface area contributed by atoms with Gasteiger partial charge >= 0.3 is 0 Å². The molecule has 1 atom stereocenters. The summed E-state index contributed by atoms with van der Waals surface area (Å²) in [6, 6.07) is 16.3. The van der Waals surface area contributed by atoms with Crippen LogP contribution in [0.5, 0.6) is 5.75 Å². The zero-order valence-corrected chi connectivity index (χ0v) is 17.3. The molecule has 156 valence electrons. The summed E-state index contributed by atoms with van der Waals surface area (Å²) in [5.74, 6) is 0.724. The summed E-state index contributed by atoms with van der Waals surface area (Å²) in [5.41, 5.74) is 3.82. The standard InChI is InChI=1S/C23H31N3O3/c1-24-23(28)16-25(2)13-18-6-5-9-22(12-18)29-17-21(27)15-26-11-10-19-7-3-4-8-20(19)14-26/h3-9,12,21,27H,10-11,13-17H2,1-2H3,(H,24,28)/t21-/m1/s1. The van der Waals surface area contributed by atoms with E-state index < -0.39 is 6.10 Å². The van der Waals surface area contributed by atoms with Crippen molar-refractivity contribution in [3.8, 4) is 5.75 Å². The highest BCUT2D eigenvalue weighted by atomic mass is 16.5. The van der Waals surface area contributed by atoms with E-state index in [4.69, 9.17) is 4.74 Å². The minimum Gasteiger partial charge on any atom is -0.491 e. The van der Waals surface area contributed by atoms with Crippen molar-refractivity contribution in [3.05, 3.63) is 65.2 Å². The van der Waals surface area contributed by atoms with Crippen molar-refractivity contribution >= 4 is 5.91 Å². The molecule has 6 nitrogen and oxygen atoms in total. The van der Waals surface area contributed by atoms with Crippen LogP contribution in [0.4, 0.5) is 0 Å². The van der Waals surface area contributed by atoms with Crippen molar-refractivity contribution in [3.63, 3.8) is 0 Å². The first-order chi connectivity index (χ1) is 14.0. The second-order valence-electron chi connectivity index (χ2n) is 7.71. The molecule has 29 heavy (non-hydrogen) atoms. The number of likely N-dealkylation sites (N-methyl/N-ethyl adjacent to an activating group) is 2. The Morgan fingerprint density at radius 1 is 1.24 bits per heavy atom. The number of β-amino-alcohol motifs (C(OH)–C–C–N with tert-alkyl or cyclic N) is 1. The maximum absolute atomic E-state index is 11.5. The topological polar surface area (TPSA) is 65.0 Å². The summed E-state index contributed by atoms with van der Waals surface area (Å²) >= 11 is 0. The van der Waals surface area contributed by atoms with Gasteiger partial charge in [0.05, 0.1) is 6.54 Å². The molecule has 0 aliphatic carbocycles. The molecule has 0 aromatic heterocycles. The third-order valence-corrected chi connectivity index (χ3v) is 5.16. The fourth-order valence-corrected chi connectivity index (χ4v) is 3.68. The predicted octanol–water partition coefficient (Wildman–Crippen LogP) is 1.66. The van der Waals surface area contributed by atoms with Gasteiger partial charge in [-0.2, -0.15) is 0 Å². The maximum atomic E-state index is 11.5. The van der Waals surface area contributed by atoms with Gasteiger partial charge in [0.15, 0.2) is 0 Å². The highest BCUT2D eigenvalue weighted by Crippen LogP contribution is 2.19. The zero-order valence-electron chi connectivity index (χ0n) is 17.3. The van der Waals surface area contributed by atoms with E-state index in [1.165, 1.54) is 11.1 Å². The van der Waals surface area contributed by atoms with E-state index in [-0.39, 0.29) is 12.5 Å². The molecule has 0 spiro atoms. The smallest absolute Gasteiger partial charge is 0.233 e. The molecule has 1 aliphatic heterocycles. The number of carbonyl (C=O) groups excluding carboxylic acids is 1. The molecule has 2 aromatic carbocycles. The molecule has 1 aliphatic rings. The number of nitrogens with zero attached hydrogens (tertiary/aromatic N) is 2. The summed E-state index contributed by atoms with van der Waals surface area (Å²) in [6.45, 7) is 3.69. The lowest BCUT2D eigenvalue weighted by atomic mass is 10.00. The number of carbonyl (C=O) groups is 1. The van der Waals surface area contributed by atoms with E-state index in [2.05, 4.69) is 34.5 Å². The first-order valence-electron chi connectivity index (χ1n) is 10.1. The van der Waals surface area contributed by atoms with Gasteiger partial charge < -0.3 is 15.2 Å². The van der Waals surface area contributed by atoms with Crippen LogP contribution in [0, 0.1) is 0 Å². The Morgan fingerprint density at radius 2 is 2.03 bits per heavy atom. The van der Waals surface area contributed by atoms with Crippen molar-refractivity contribution in [2.45, 2.75) is 25.6 Å². The quantitative estimate of drug-likeness (QED) is 0.674. The average molecular weight is 398 g/mol. The zero-order chi connectivity index (χ0) is 20.6. The van der Waals surface area contributed by atoms with Crippen molar-refractivity contribution in [1.82, 2.24) is 15.1 Å². The number of hydrogen-bond donors (Lipinski definition) is 2. The number of ether oxygens (including phenoxy) is 1. The van der Waals surface area contributed by atoms with E-state index in [0.29, 0.717) is 19.6 Å². The highest BCUT2D eigenvalue weighted by molar-refractivity contribution is 5.77. The van der Waals surface area contributed by atoms with Gasteiger partial charge in [-0.05, 0) is 42.3 Å². The molecule has 0 bridgehead atoms. The van der Waals surface area contributed by atoms with Gasteiger partial charge in [-0.15, -0.1) is 0 Å². The summed E-state index contributed by atoms with van der Waals surface area (Å²) < 4.78 is 5.83. The lowest BCUT2D eigenvalue weighted by molar-refractivity contribution is -0.121. The number of aliphatic hydroxyl groups is 1. The Labute approximate surface area is 173 Å². The van der Waals surface area contributed by atoms with E-state index >= 15 is 0 Å². The normalized spacial score (nSPS) is 15.0. The van der Waals surface area contributed by atoms with Crippen LogP contribution < -0.4 is 10.1 Å². The number of nitrogens with one attached hydrogen (secondary N) is 1. The molecule has 1 amide bonds. The molecule has 2 N–H and O–H groups in total. The number of rotatable bonds is 9. The minimum absolute atomic E-state index is 0.0108. The first kappa shape index (κ1) is 21.3. The molecule has 0 radical (unpaired) electrons. The van der Waals surface area contributed by atoms with Crippen molar-refractivity contribution in [1.29, 1.82) is 0 Å². The molecule has 0 saturated heterocycles. The van der Waals surface area contributed by atoms with Crippen molar-refractivity contribution < 1.29 is 14.6 Å². The lowest BCUT2D eigenvalue weighted by Gasteiger charge is -2.30. The van der Waals surface area contributed by atoms with Gasteiger partial charge in [0.2, 0.25) is 5.91 Å². The molecular weight excluding hydrogens is 366 g/mol. The van der Waals surface area contributed by atoms with Gasteiger partial charge in [0, 0.05) is 33.2 Å². The summed E-state index contributed by atoms with van der Waals surface area (Å²) in [5, 5.41) is 13.1. The number of benzene rings is 2. The molecule has 2 aromatic rings. The van der Waals surface area contributed by atoms with Crippen molar-refractivity contribution in [2.24, 2.45) is 0 Å². The first-order valence-corrected chi connectivity index (χ1v) is 10.1. The maximum Gasteiger partial charge on any atom is 0.233 e. The third kappa shape index (κ3) is 6.56. The van der Waals surface area contributed by atoms with Crippen LogP contribution in [0.3, 0.4) is 0 Å². The van der Waals surface area contributed by atoms with Crippen LogP contribution in [0.15, 0.2) is 48.5 Å². The van der Waals surface area contributed by atoms with Gasteiger partial charge in [-0.25, -0.2) is 0 Å². The minimum atomic E-state index is -0.542. The van der Waals surface area contributed by atoms with Gasteiger partial charge in [0.1, 0.15) is 18.5 Å². The van der Waals surface area contributed by atoms with Gasteiger partial charge in [-0.3, -0.25) is 14.6 Å². The van der Waals surface area contributed by atoms with Gasteiger partial charge in [-0.1, -0.05) is 36.4 Å². The largest absolute Gasteiger partial charge is 0.491 e. The Hall–Kier alpha value is -2.41. The Kier molecular flexibility index (Phi) is 7.63. The predicted molar refractivity (Wildman–Crippen MR) is 114 cm³/mol. The SMILES string of the molecule is CNC(=O)CN(C)Cc1cccc(OC[C@H](O)CN2CCc3ccccc3C2)c1. The van der Waals surface area contributed by atoms with Crippen LogP contribution in [0.1, 0.15) is 16.7 Å². The second kappa shape index (κ2) is 10.4. The summed E-state index contributed by atoms with van der Waals surface area (Å²) in [4.78, 5) is 15.7. The molecule has 0 unspecified atom stereocenters. The van der Waals surface area contributed by atoms with Crippen molar-refractivity contribution in [2.75, 3.05) is 40.3 Å². The third-order valence-electron chi connectivity index (χ3n) is 5.16. The monoisotopic (exact) mass is 397 g/mol. The fraction of sp³-hybridized carbons (Fsp3) is 0.435. The number of hydrogen-bond acceptors (Lipinski definition) is 5. The summed E-state index contributed by atoms with van der Waals surface area (Å²) in [6.07, 6.45) is 0.481. The Balaban J connectivity index is 1.45. The number of fused-ring (bicyclic) bond motifs is 1. The molecule has 3 rings (SSSR count). The van der Waals surface area contributed by atoms with E-state index in [1.807, 2.05) is 36.2 Å². The Morgan fingerprint density at radius 3 is 2.83 bits per heavy atom. The number of amides is 1. The fourth-order valence-electron chi connectivity index (χ4n) is 3.68. The van der Waals surface area contributed by atoms with Crippen LogP contribution in [0.25, 0.3) is 0 Å². The Bertz CT molecular complexity index is 811. The molecule has 0 saturated carbocycles. The molecule has 0 fully saturated rings. The highest BCUT2D eigenvalue weighted by Gasteiger charge is 2.18. The molecule has 1 heterocycles. The van der Waals surface area contributed by atoms with Gasteiger partial charge in [0.25, 0.3) is 0 Å². The van der Waals surface area contributed by atoms with Crippen LogP contribution in [-0.4, -0.2) is 67.3 Å². The molecule has 6 heteroatoms. The molecular formula is C23H31N3O3.